The van der Waals surface area contributed by atoms with Gasteiger partial charge in [0.15, 0.2) is 17.6 Å². The Hall–Kier alpha value is -4.05. The summed E-state index contributed by atoms with van der Waals surface area (Å²) in [6, 6.07) is 6.64. The van der Waals surface area contributed by atoms with E-state index >= 15 is 0 Å². The quantitative estimate of drug-likeness (QED) is 0.269. The van der Waals surface area contributed by atoms with Crippen molar-refractivity contribution in [3.05, 3.63) is 58.9 Å². The fourth-order valence-electron chi connectivity index (χ4n) is 6.64. The zero-order chi connectivity index (χ0) is 31.4. The second kappa shape index (κ2) is 11.1. The molecule has 0 radical (unpaired) electrons. The predicted octanol–water partition coefficient (Wildman–Crippen LogP) is 6.16. The van der Waals surface area contributed by atoms with E-state index in [4.69, 9.17) is 9.72 Å². The van der Waals surface area contributed by atoms with E-state index in [9.17, 15) is 9.90 Å². The molecule has 1 saturated heterocycles. The number of rotatable bonds is 6. The number of carboxylic acids is 1. The number of anilines is 2. The number of carboxylic acid groups (broad SMARTS) is 1. The van der Waals surface area contributed by atoms with Crippen molar-refractivity contribution in [1.82, 2.24) is 24.9 Å². The van der Waals surface area contributed by atoms with Gasteiger partial charge in [-0.05, 0) is 76.0 Å². The number of hydrogen-bond donors (Lipinski definition) is 2. The van der Waals surface area contributed by atoms with Crippen LogP contribution in [0.3, 0.4) is 0 Å². The minimum atomic E-state index is -1.13. The Balaban J connectivity index is 1.44. The highest BCUT2D eigenvalue weighted by molar-refractivity contribution is 5.88. The maximum Gasteiger partial charge on any atom is 0.337 e. The number of carbonyl (C=O) groups is 1. The molecule has 0 spiro atoms. The smallest absolute Gasteiger partial charge is 0.337 e. The van der Waals surface area contributed by atoms with E-state index in [0.717, 1.165) is 79.3 Å². The van der Waals surface area contributed by atoms with Crippen LogP contribution in [0.15, 0.2) is 30.9 Å². The molecule has 0 unspecified atom stereocenters. The third-order valence-electron chi connectivity index (χ3n) is 8.98. The molecule has 1 fully saturated rings. The van der Waals surface area contributed by atoms with E-state index in [-0.39, 0.29) is 5.41 Å². The molecule has 2 aliphatic rings. The van der Waals surface area contributed by atoms with Gasteiger partial charge in [-0.15, -0.1) is 0 Å². The topological polar surface area (TPSA) is 120 Å². The number of aromatic nitrogens is 5. The Morgan fingerprint density at radius 2 is 1.77 bits per heavy atom. The molecule has 6 rings (SSSR count). The minimum absolute atomic E-state index is 0.241. The Labute approximate surface area is 258 Å². The van der Waals surface area contributed by atoms with E-state index in [0.29, 0.717) is 16.9 Å². The molecule has 0 amide bonds. The minimum Gasteiger partial charge on any atom is -0.479 e. The van der Waals surface area contributed by atoms with Crippen molar-refractivity contribution in [1.29, 1.82) is 0 Å². The molecule has 4 aromatic rings. The highest BCUT2D eigenvalue weighted by atomic mass is 16.5. The van der Waals surface area contributed by atoms with E-state index in [1.165, 1.54) is 11.1 Å². The average molecular weight is 598 g/mol. The van der Waals surface area contributed by atoms with Crippen LogP contribution in [0.25, 0.3) is 22.3 Å². The van der Waals surface area contributed by atoms with Crippen LogP contribution in [0.5, 0.6) is 0 Å². The summed E-state index contributed by atoms with van der Waals surface area (Å²) in [4.78, 5) is 38.7. The lowest BCUT2D eigenvalue weighted by Crippen LogP contribution is -2.39. The van der Waals surface area contributed by atoms with Gasteiger partial charge in [-0.2, -0.15) is 0 Å². The SMILES string of the molecule is Cc1nc(C)c([C@H](OC(C)(C)C)C(=O)O)c(N2CCC(C)(C)CC2)c1-c1ccc2c(c1)CCN(c1ncnc3nc[nH]c13)C2. The number of nitrogens with zero attached hydrogens (tertiary/aromatic N) is 6. The standard InChI is InChI=1S/C34H43N7O3/c1-20-25(23-8-9-24-17-41(13-10-22(24)16-23)31-27-30(36-18-35-27)37-19-38-31)28(40-14-11-34(6,7)12-15-40)26(21(2)39-20)29(32(42)43)44-33(3,4)5/h8-9,16,18-19,29H,10-15,17H2,1-7H3,(H,42,43)(H,35,36,37,38)/t29-/m0/s1. The van der Waals surface area contributed by atoms with Gasteiger partial charge in [0.2, 0.25) is 0 Å². The van der Waals surface area contributed by atoms with Crippen molar-refractivity contribution in [2.24, 2.45) is 5.41 Å². The number of aliphatic carboxylic acids is 1. The molecule has 3 aromatic heterocycles. The van der Waals surface area contributed by atoms with Gasteiger partial charge >= 0.3 is 5.97 Å². The van der Waals surface area contributed by atoms with Gasteiger partial charge in [0.1, 0.15) is 11.8 Å². The Morgan fingerprint density at radius 1 is 1.02 bits per heavy atom. The number of piperidine rings is 1. The van der Waals surface area contributed by atoms with Crippen LogP contribution < -0.4 is 9.80 Å². The highest BCUT2D eigenvalue weighted by Gasteiger charge is 2.36. The number of ether oxygens (including phenoxy) is 1. The predicted molar refractivity (Wildman–Crippen MR) is 172 cm³/mol. The van der Waals surface area contributed by atoms with Gasteiger partial charge in [0, 0.05) is 48.7 Å². The van der Waals surface area contributed by atoms with Gasteiger partial charge in [0.05, 0.1) is 17.6 Å². The van der Waals surface area contributed by atoms with Crippen LogP contribution in [-0.4, -0.2) is 61.2 Å². The lowest BCUT2D eigenvalue weighted by Gasteiger charge is -2.41. The summed E-state index contributed by atoms with van der Waals surface area (Å²) in [5, 5.41) is 10.5. The number of fused-ring (bicyclic) bond motifs is 2. The van der Waals surface area contributed by atoms with Gasteiger partial charge in [0.25, 0.3) is 0 Å². The fourth-order valence-corrected chi connectivity index (χ4v) is 6.64. The number of pyridine rings is 1. The van der Waals surface area contributed by atoms with Crippen LogP contribution in [0.1, 0.15) is 81.6 Å². The third kappa shape index (κ3) is 5.75. The average Bonchev–Trinajstić information content (AvgIpc) is 3.44. The van der Waals surface area contributed by atoms with Crippen LogP contribution in [-0.2, 0) is 22.5 Å². The summed E-state index contributed by atoms with van der Waals surface area (Å²) in [6.07, 6.45) is 4.99. The number of H-pyrrole nitrogens is 1. The number of imidazole rings is 1. The normalized spacial score (nSPS) is 17.5. The van der Waals surface area contributed by atoms with E-state index in [2.05, 4.69) is 61.8 Å². The summed E-state index contributed by atoms with van der Waals surface area (Å²) < 4.78 is 6.25. The summed E-state index contributed by atoms with van der Waals surface area (Å²) >= 11 is 0. The molecule has 0 saturated carbocycles. The molecular formula is C34H43N7O3. The maximum atomic E-state index is 12.8. The molecule has 1 atom stereocenters. The zero-order valence-corrected chi connectivity index (χ0v) is 26.9. The molecule has 44 heavy (non-hydrogen) atoms. The number of aromatic amines is 1. The first-order chi connectivity index (χ1) is 20.8. The number of nitrogens with one attached hydrogen (secondary N) is 1. The molecule has 0 bridgehead atoms. The maximum absolute atomic E-state index is 12.8. The lowest BCUT2D eigenvalue weighted by atomic mass is 9.81. The third-order valence-corrected chi connectivity index (χ3v) is 8.98. The van der Waals surface area contributed by atoms with Crippen molar-refractivity contribution in [2.45, 2.75) is 86.0 Å². The molecule has 10 nitrogen and oxygen atoms in total. The van der Waals surface area contributed by atoms with Crippen molar-refractivity contribution in [3.63, 3.8) is 0 Å². The largest absolute Gasteiger partial charge is 0.479 e. The molecule has 232 valence electrons. The first kappa shape index (κ1) is 30.0. The summed E-state index contributed by atoms with van der Waals surface area (Å²) in [7, 11) is 0. The first-order valence-corrected chi connectivity index (χ1v) is 15.5. The summed E-state index contributed by atoms with van der Waals surface area (Å²) in [6.45, 7) is 17.5. The number of hydrogen-bond acceptors (Lipinski definition) is 8. The van der Waals surface area contributed by atoms with E-state index in [1.54, 1.807) is 12.7 Å². The zero-order valence-electron chi connectivity index (χ0n) is 26.9. The Kier molecular flexibility index (Phi) is 7.60. The fraction of sp³-hybridized carbons (Fsp3) is 0.500. The molecule has 0 aliphatic carbocycles. The Morgan fingerprint density at radius 3 is 2.48 bits per heavy atom. The molecule has 5 heterocycles. The monoisotopic (exact) mass is 597 g/mol. The highest BCUT2D eigenvalue weighted by Crippen LogP contribution is 2.45. The van der Waals surface area contributed by atoms with Gasteiger partial charge in [-0.1, -0.05) is 32.0 Å². The summed E-state index contributed by atoms with van der Waals surface area (Å²) in [5.41, 5.74) is 8.88. The first-order valence-electron chi connectivity index (χ1n) is 15.5. The molecule has 2 aliphatic heterocycles. The van der Waals surface area contributed by atoms with Gasteiger partial charge in [-0.25, -0.2) is 19.7 Å². The second-order valence-corrected chi connectivity index (χ2v) is 14.0. The molecule has 2 N–H and O–H groups in total. The van der Waals surface area contributed by atoms with Crippen LogP contribution >= 0.6 is 0 Å². The summed E-state index contributed by atoms with van der Waals surface area (Å²) in [5.74, 6) is -0.140. The van der Waals surface area contributed by atoms with Gasteiger partial charge in [-0.3, -0.25) is 4.98 Å². The van der Waals surface area contributed by atoms with E-state index < -0.39 is 17.7 Å². The van der Waals surface area contributed by atoms with Crippen molar-refractivity contribution in [2.75, 3.05) is 29.4 Å². The van der Waals surface area contributed by atoms with Crippen LogP contribution in [0.4, 0.5) is 11.5 Å². The molecule has 1 aromatic carbocycles. The Bertz CT molecular complexity index is 1710. The van der Waals surface area contributed by atoms with Crippen molar-refractivity contribution < 1.29 is 14.6 Å². The number of aryl methyl sites for hydroxylation is 2. The molecular weight excluding hydrogens is 554 g/mol. The van der Waals surface area contributed by atoms with Crippen LogP contribution in [0.2, 0.25) is 0 Å². The molecule has 10 heteroatoms. The van der Waals surface area contributed by atoms with Gasteiger partial charge < -0.3 is 24.6 Å². The lowest BCUT2D eigenvalue weighted by molar-refractivity contribution is -0.160. The van der Waals surface area contributed by atoms with Crippen LogP contribution in [0, 0.1) is 19.3 Å². The van der Waals surface area contributed by atoms with Crippen molar-refractivity contribution in [3.8, 4) is 11.1 Å². The van der Waals surface area contributed by atoms with E-state index in [1.807, 2.05) is 34.6 Å². The second-order valence-electron chi connectivity index (χ2n) is 14.0. The number of benzene rings is 1. The van der Waals surface area contributed by atoms with Crippen molar-refractivity contribution >= 4 is 28.6 Å².